The maximum atomic E-state index is 12.9. The largest absolute Gasteiger partial charge is 0.399 e. The molecule has 0 saturated carbocycles. The first-order valence-corrected chi connectivity index (χ1v) is 7.54. The maximum Gasteiger partial charge on any atom is 0.243 e. The van der Waals surface area contributed by atoms with Crippen LogP contribution in [0.2, 0.25) is 0 Å². The molecule has 0 radical (unpaired) electrons. The van der Waals surface area contributed by atoms with E-state index in [1.54, 1.807) is 12.1 Å². The lowest BCUT2D eigenvalue weighted by atomic mass is 10.1. The molecule has 4 nitrogen and oxygen atoms in total. The van der Waals surface area contributed by atoms with Crippen molar-refractivity contribution in [2.75, 3.05) is 5.73 Å². The summed E-state index contributed by atoms with van der Waals surface area (Å²) in [6.07, 6.45) is 0. The molecule has 2 N–H and O–H groups in total. The number of nitrogens with two attached hydrogens (primary N) is 1. The standard InChI is InChI=1S/C14H13FN2O2S/c15-12-2-5-14(6-3-12)20(18,19)17-8-10-1-4-13(16)7-11(10)9-17/h1-7H,8-9,16H2. The van der Waals surface area contributed by atoms with Crippen LogP contribution in [0.5, 0.6) is 0 Å². The Labute approximate surface area is 116 Å². The number of benzene rings is 2. The van der Waals surface area contributed by atoms with E-state index in [1.807, 2.05) is 6.07 Å². The zero-order valence-corrected chi connectivity index (χ0v) is 11.4. The Morgan fingerprint density at radius 2 is 1.65 bits per heavy atom. The van der Waals surface area contributed by atoms with Crippen LogP contribution in [0.15, 0.2) is 47.4 Å². The summed E-state index contributed by atoms with van der Waals surface area (Å²) in [5, 5.41) is 0. The Bertz CT molecular complexity index is 757. The van der Waals surface area contributed by atoms with E-state index in [0.717, 1.165) is 23.3 Å². The van der Waals surface area contributed by atoms with Crippen molar-refractivity contribution >= 4 is 15.7 Å². The van der Waals surface area contributed by atoms with Gasteiger partial charge in [0.15, 0.2) is 0 Å². The van der Waals surface area contributed by atoms with Crippen molar-refractivity contribution in [3.05, 3.63) is 59.4 Å². The molecule has 1 heterocycles. The number of rotatable bonds is 2. The summed E-state index contributed by atoms with van der Waals surface area (Å²) in [7, 11) is -3.61. The third-order valence-electron chi connectivity index (χ3n) is 3.38. The maximum absolute atomic E-state index is 12.9. The lowest BCUT2D eigenvalue weighted by molar-refractivity contribution is 0.431. The van der Waals surface area contributed by atoms with Crippen LogP contribution in [0.25, 0.3) is 0 Å². The molecular weight excluding hydrogens is 279 g/mol. The van der Waals surface area contributed by atoms with Crippen molar-refractivity contribution < 1.29 is 12.8 Å². The Kier molecular flexibility index (Phi) is 2.99. The molecule has 104 valence electrons. The number of anilines is 1. The van der Waals surface area contributed by atoms with Gasteiger partial charge >= 0.3 is 0 Å². The molecule has 6 heteroatoms. The molecule has 1 aliphatic rings. The third kappa shape index (κ3) is 2.17. The van der Waals surface area contributed by atoms with Crippen LogP contribution < -0.4 is 5.73 Å². The van der Waals surface area contributed by atoms with E-state index in [4.69, 9.17) is 5.73 Å². The molecule has 0 unspecified atom stereocenters. The third-order valence-corrected chi connectivity index (χ3v) is 5.18. The first-order valence-electron chi connectivity index (χ1n) is 6.10. The van der Waals surface area contributed by atoms with Gasteiger partial charge in [0.2, 0.25) is 10.0 Å². The molecule has 0 atom stereocenters. The number of sulfonamides is 1. The van der Waals surface area contributed by atoms with Crippen LogP contribution in [-0.4, -0.2) is 12.7 Å². The SMILES string of the molecule is Nc1ccc2c(c1)CN(S(=O)(=O)c1ccc(F)cc1)C2. The number of hydrogen-bond acceptors (Lipinski definition) is 3. The summed E-state index contributed by atoms with van der Waals surface area (Å²) in [5.74, 6) is -0.457. The van der Waals surface area contributed by atoms with E-state index in [1.165, 1.54) is 16.4 Å². The van der Waals surface area contributed by atoms with Gasteiger partial charge in [-0.2, -0.15) is 4.31 Å². The Morgan fingerprint density at radius 1 is 1.00 bits per heavy atom. The molecular formula is C14H13FN2O2S. The van der Waals surface area contributed by atoms with Gasteiger partial charge in [-0.15, -0.1) is 0 Å². The number of hydrogen-bond donors (Lipinski definition) is 1. The van der Waals surface area contributed by atoms with Gasteiger partial charge < -0.3 is 5.73 Å². The quantitative estimate of drug-likeness (QED) is 0.862. The molecule has 2 aromatic rings. The van der Waals surface area contributed by atoms with Crippen LogP contribution in [0, 0.1) is 5.82 Å². The van der Waals surface area contributed by atoms with E-state index in [-0.39, 0.29) is 4.90 Å². The molecule has 3 rings (SSSR count). The summed E-state index contributed by atoms with van der Waals surface area (Å²) < 4.78 is 39.2. The normalized spacial score (nSPS) is 15.2. The van der Waals surface area contributed by atoms with E-state index in [9.17, 15) is 12.8 Å². The van der Waals surface area contributed by atoms with Crippen molar-refractivity contribution in [1.82, 2.24) is 4.31 Å². The molecule has 0 bridgehead atoms. The minimum Gasteiger partial charge on any atom is -0.399 e. The zero-order chi connectivity index (χ0) is 14.3. The van der Waals surface area contributed by atoms with Crippen LogP contribution in [-0.2, 0) is 23.1 Å². The fourth-order valence-electron chi connectivity index (χ4n) is 2.31. The first-order chi connectivity index (χ1) is 9.46. The van der Waals surface area contributed by atoms with Crippen molar-refractivity contribution in [1.29, 1.82) is 0 Å². The van der Waals surface area contributed by atoms with Crippen LogP contribution in [0.3, 0.4) is 0 Å². The van der Waals surface area contributed by atoms with E-state index >= 15 is 0 Å². The minimum atomic E-state index is -3.61. The lowest BCUT2D eigenvalue weighted by Crippen LogP contribution is -2.25. The highest BCUT2D eigenvalue weighted by atomic mass is 32.2. The highest BCUT2D eigenvalue weighted by Crippen LogP contribution is 2.29. The fourth-order valence-corrected chi connectivity index (χ4v) is 3.71. The lowest BCUT2D eigenvalue weighted by Gasteiger charge is -2.15. The molecule has 0 saturated heterocycles. The van der Waals surface area contributed by atoms with Gasteiger partial charge in [0.05, 0.1) is 4.90 Å². The second kappa shape index (κ2) is 4.57. The van der Waals surface area contributed by atoms with Crippen molar-refractivity contribution in [2.45, 2.75) is 18.0 Å². The second-order valence-corrected chi connectivity index (χ2v) is 6.69. The summed E-state index contributed by atoms with van der Waals surface area (Å²) in [6.45, 7) is 0.607. The monoisotopic (exact) mass is 292 g/mol. The smallest absolute Gasteiger partial charge is 0.243 e. The van der Waals surface area contributed by atoms with Gasteiger partial charge in [-0.1, -0.05) is 6.07 Å². The summed E-state index contributed by atoms with van der Waals surface area (Å²) in [5.41, 5.74) is 8.18. The van der Waals surface area contributed by atoms with Crippen molar-refractivity contribution in [2.24, 2.45) is 0 Å². The van der Waals surface area contributed by atoms with Gasteiger partial charge in [0.25, 0.3) is 0 Å². The molecule has 0 aliphatic carbocycles. The molecule has 0 spiro atoms. The molecule has 0 fully saturated rings. The highest BCUT2D eigenvalue weighted by molar-refractivity contribution is 7.89. The van der Waals surface area contributed by atoms with Crippen LogP contribution in [0.1, 0.15) is 11.1 Å². The summed E-state index contributed by atoms with van der Waals surface area (Å²) >= 11 is 0. The highest BCUT2D eigenvalue weighted by Gasteiger charge is 2.30. The van der Waals surface area contributed by atoms with E-state index in [2.05, 4.69) is 0 Å². The average molecular weight is 292 g/mol. The fraction of sp³-hybridized carbons (Fsp3) is 0.143. The van der Waals surface area contributed by atoms with Gasteiger partial charge in [-0.25, -0.2) is 12.8 Å². The minimum absolute atomic E-state index is 0.0969. The molecule has 1 aliphatic heterocycles. The van der Waals surface area contributed by atoms with Gasteiger partial charge in [-0.3, -0.25) is 0 Å². The van der Waals surface area contributed by atoms with Crippen molar-refractivity contribution in [3.8, 4) is 0 Å². The van der Waals surface area contributed by atoms with E-state index in [0.29, 0.717) is 18.8 Å². The zero-order valence-electron chi connectivity index (χ0n) is 10.6. The predicted molar refractivity (Wildman–Crippen MR) is 73.7 cm³/mol. The average Bonchev–Trinajstić information content (AvgIpc) is 2.83. The molecule has 20 heavy (non-hydrogen) atoms. The van der Waals surface area contributed by atoms with Crippen molar-refractivity contribution in [3.63, 3.8) is 0 Å². The second-order valence-electron chi connectivity index (χ2n) is 4.76. The van der Waals surface area contributed by atoms with Gasteiger partial charge in [-0.05, 0) is 47.5 Å². The predicted octanol–water partition coefficient (Wildman–Crippen LogP) is 2.11. The Morgan fingerprint density at radius 3 is 2.35 bits per heavy atom. The van der Waals surface area contributed by atoms with Crippen LogP contribution in [0.4, 0.5) is 10.1 Å². The summed E-state index contributed by atoms with van der Waals surface area (Å²) in [6, 6.07) is 10.2. The Balaban J connectivity index is 1.93. The molecule has 0 aromatic heterocycles. The topological polar surface area (TPSA) is 63.4 Å². The molecule has 2 aromatic carbocycles. The number of fused-ring (bicyclic) bond motifs is 1. The number of nitrogens with zero attached hydrogens (tertiary/aromatic N) is 1. The van der Waals surface area contributed by atoms with Crippen LogP contribution >= 0.6 is 0 Å². The summed E-state index contributed by atoms with van der Waals surface area (Å²) in [4.78, 5) is 0.0969. The van der Waals surface area contributed by atoms with Gasteiger partial charge in [0.1, 0.15) is 5.82 Å². The number of nitrogen functional groups attached to an aromatic ring is 1. The number of halogens is 1. The first kappa shape index (κ1) is 13.1. The van der Waals surface area contributed by atoms with Gasteiger partial charge in [0, 0.05) is 18.8 Å². The Hall–Kier alpha value is -1.92. The van der Waals surface area contributed by atoms with E-state index < -0.39 is 15.8 Å². The molecule has 0 amide bonds.